The summed E-state index contributed by atoms with van der Waals surface area (Å²) in [7, 11) is 0. The predicted octanol–water partition coefficient (Wildman–Crippen LogP) is -2.48. The molecule has 236 valence electrons. The third kappa shape index (κ3) is 13.8. The lowest BCUT2D eigenvalue weighted by atomic mass is 10.1. The van der Waals surface area contributed by atoms with Crippen molar-refractivity contribution < 1.29 is 51.8 Å². The minimum Gasteiger partial charge on any atom is -0.481 e. The van der Waals surface area contributed by atoms with Gasteiger partial charge in [-0.05, 0) is 19.3 Å². The lowest BCUT2D eigenvalue weighted by molar-refractivity contribution is -0.171. The molecule has 9 N–H and O–H groups in total. The molecule has 0 aromatic rings. The lowest BCUT2D eigenvalue weighted by Gasteiger charge is -2.23. The van der Waals surface area contributed by atoms with Crippen LogP contribution < -0.4 is 37.6 Å². The van der Waals surface area contributed by atoms with E-state index >= 15 is 0 Å². The minimum atomic E-state index is -5.18. The molecule has 1 aliphatic heterocycles. The Morgan fingerprint density at radius 3 is 1.95 bits per heavy atom. The molecule has 0 aromatic heterocycles. The van der Waals surface area contributed by atoms with E-state index in [-0.39, 0.29) is 25.8 Å². The van der Waals surface area contributed by atoms with Gasteiger partial charge in [0.15, 0.2) is 5.96 Å². The summed E-state index contributed by atoms with van der Waals surface area (Å²) in [6, 6.07) is -4.00. The number of nitrogens with zero attached hydrogens (tertiary/aromatic N) is 1. The van der Waals surface area contributed by atoms with Gasteiger partial charge in [-0.25, -0.2) is 0 Å². The third-order valence-corrected chi connectivity index (χ3v) is 5.69. The number of aliphatic carboxylic acids is 1. The zero-order valence-electron chi connectivity index (χ0n) is 22.8. The largest absolute Gasteiger partial charge is 0.481 e. The van der Waals surface area contributed by atoms with Gasteiger partial charge in [0.25, 0.3) is 0 Å². The average Bonchev–Trinajstić information content (AvgIpc) is 2.89. The Balaban J connectivity index is 3.10. The highest BCUT2D eigenvalue weighted by Crippen LogP contribution is 2.13. The maximum Gasteiger partial charge on any atom is 0.471 e. The first-order chi connectivity index (χ1) is 19.6. The summed E-state index contributed by atoms with van der Waals surface area (Å²) >= 11 is 0. The first-order valence-electron chi connectivity index (χ1n) is 13.0. The predicted molar refractivity (Wildman–Crippen MR) is 138 cm³/mol. The van der Waals surface area contributed by atoms with Crippen LogP contribution in [0.3, 0.4) is 0 Å². The Bertz CT molecular complexity index is 1050. The molecule has 3 atom stereocenters. The van der Waals surface area contributed by atoms with Crippen LogP contribution in [0.5, 0.6) is 0 Å². The summed E-state index contributed by atoms with van der Waals surface area (Å²) in [5.74, 6) is -8.89. The van der Waals surface area contributed by atoms with Crippen molar-refractivity contribution >= 4 is 47.4 Å². The van der Waals surface area contributed by atoms with Crippen LogP contribution >= 0.6 is 0 Å². The van der Waals surface area contributed by atoms with Gasteiger partial charge in [-0.15, -0.1) is 0 Å². The zero-order valence-corrected chi connectivity index (χ0v) is 22.8. The van der Waals surface area contributed by atoms with Gasteiger partial charge in [-0.1, -0.05) is 26.2 Å². The van der Waals surface area contributed by atoms with Crippen molar-refractivity contribution in [3.8, 4) is 0 Å². The van der Waals surface area contributed by atoms with E-state index in [1.54, 1.807) is 0 Å². The number of carboxylic acid groups (broad SMARTS) is 1. The van der Waals surface area contributed by atoms with Crippen LogP contribution in [0.15, 0.2) is 4.99 Å². The van der Waals surface area contributed by atoms with E-state index in [0.717, 1.165) is 12.8 Å². The molecule has 0 aliphatic carbocycles. The Morgan fingerprint density at radius 2 is 1.40 bits per heavy atom. The number of halogens is 3. The fourth-order valence-corrected chi connectivity index (χ4v) is 3.59. The standard InChI is InChI=1S/C23H35F3N8O8/c1-2-3-4-6-13-20(41)33-12(7-5-8-28-22(27)34-21(42)23(24,25)26)18(39)29-11-16(36)32-14(9-17(37)38)19(40)30-10-15(35)31-13/h12-14H,2-11H2,1H3,(H,29,39)(H,30,40)(H,31,35)(H,32,36)(H,33,41)(H,37,38)(H3,27,28,34,42)/t12-,13-,14-/m0/s1. The van der Waals surface area contributed by atoms with Gasteiger partial charge in [0.05, 0.1) is 19.5 Å². The van der Waals surface area contributed by atoms with Crippen molar-refractivity contribution in [3.05, 3.63) is 0 Å². The third-order valence-electron chi connectivity index (χ3n) is 5.69. The van der Waals surface area contributed by atoms with E-state index in [1.807, 2.05) is 6.92 Å². The number of nitrogens with one attached hydrogen (secondary N) is 6. The van der Waals surface area contributed by atoms with Crippen molar-refractivity contribution in [2.75, 3.05) is 19.6 Å². The van der Waals surface area contributed by atoms with Crippen molar-refractivity contribution in [1.82, 2.24) is 31.9 Å². The summed E-state index contributed by atoms with van der Waals surface area (Å²) < 4.78 is 37.0. The van der Waals surface area contributed by atoms with Crippen LogP contribution in [-0.2, 0) is 33.6 Å². The van der Waals surface area contributed by atoms with Crippen molar-refractivity contribution in [3.63, 3.8) is 0 Å². The highest BCUT2D eigenvalue weighted by Gasteiger charge is 2.39. The second-order valence-corrected chi connectivity index (χ2v) is 9.19. The molecule has 1 fully saturated rings. The Kier molecular flexibility index (Phi) is 14.7. The van der Waals surface area contributed by atoms with E-state index in [4.69, 9.17) is 10.8 Å². The average molecular weight is 609 g/mol. The van der Waals surface area contributed by atoms with Crippen molar-refractivity contribution in [1.29, 1.82) is 0 Å². The summed E-state index contributed by atoms with van der Waals surface area (Å²) in [5.41, 5.74) is 5.27. The highest BCUT2D eigenvalue weighted by molar-refractivity contribution is 5.99. The molecule has 6 amide bonds. The second-order valence-electron chi connectivity index (χ2n) is 9.19. The normalized spacial score (nSPS) is 21.5. The number of carboxylic acids is 1. The summed E-state index contributed by atoms with van der Waals surface area (Å²) in [5, 5.41) is 22.0. The number of unbranched alkanes of at least 4 members (excludes halogenated alkanes) is 2. The number of hydrogen-bond donors (Lipinski definition) is 8. The molecular formula is C23H35F3N8O8. The van der Waals surface area contributed by atoms with E-state index < -0.39 is 91.2 Å². The van der Waals surface area contributed by atoms with Crippen molar-refractivity contribution in [2.45, 2.75) is 76.2 Å². The molecule has 1 aliphatic rings. The van der Waals surface area contributed by atoms with Gasteiger partial charge in [0, 0.05) is 6.54 Å². The van der Waals surface area contributed by atoms with Crippen molar-refractivity contribution in [2.24, 2.45) is 10.7 Å². The highest BCUT2D eigenvalue weighted by atomic mass is 19.4. The molecule has 0 saturated carbocycles. The van der Waals surface area contributed by atoms with Crippen LogP contribution in [0.25, 0.3) is 0 Å². The molecule has 19 heteroatoms. The molecule has 16 nitrogen and oxygen atoms in total. The molecule has 42 heavy (non-hydrogen) atoms. The van der Waals surface area contributed by atoms with Gasteiger partial charge in [-0.2, -0.15) is 13.2 Å². The monoisotopic (exact) mass is 608 g/mol. The maximum atomic E-state index is 13.1. The number of amides is 6. The fourth-order valence-electron chi connectivity index (χ4n) is 3.59. The van der Waals surface area contributed by atoms with Crippen LogP contribution in [0.2, 0.25) is 0 Å². The number of aliphatic imine (C=N–C) groups is 1. The number of hydrogen-bond acceptors (Lipinski definition) is 8. The molecule has 0 bridgehead atoms. The molecule has 0 radical (unpaired) electrons. The minimum absolute atomic E-state index is 0.0287. The smallest absolute Gasteiger partial charge is 0.471 e. The Hall–Kier alpha value is -4.45. The number of carbonyl (C=O) groups is 7. The van der Waals surface area contributed by atoms with E-state index in [1.165, 1.54) is 5.32 Å². The Labute approximate surface area is 238 Å². The van der Waals surface area contributed by atoms with Gasteiger partial charge in [0.2, 0.25) is 29.5 Å². The lowest BCUT2D eigenvalue weighted by Crippen LogP contribution is -2.55. The fraction of sp³-hybridized carbons (Fsp3) is 0.652. The summed E-state index contributed by atoms with van der Waals surface area (Å²) in [6.45, 7) is 0.316. The number of carbonyl (C=O) groups excluding carboxylic acids is 6. The molecule has 0 spiro atoms. The van der Waals surface area contributed by atoms with Gasteiger partial charge >= 0.3 is 18.1 Å². The number of rotatable bonds is 10. The number of nitrogens with two attached hydrogens (primary N) is 1. The molecular weight excluding hydrogens is 573 g/mol. The second kappa shape index (κ2) is 17.4. The summed E-state index contributed by atoms with van der Waals surface area (Å²) in [6.07, 6.45) is -3.97. The topological polar surface area (TPSA) is 250 Å². The number of guanidine groups is 1. The first kappa shape index (κ1) is 35.6. The SMILES string of the molecule is CCCCC[C@@H]1NC(=O)CNC(=O)[C@H](CC(=O)O)NC(=O)CNC(=O)[C@H](CCCN=C(N)NC(=O)C(F)(F)F)NC1=O. The van der Waals surface area contributed by atoms with Crippen LogP contribution in [0, 0.1) is 0 Å². The van der Waals surface area contributed by atoms with Gasteiger partial charge in [-0.3, -0.25) is 43.9 Å². The van der Waals surface area contributed by atoms with Gasteiger partial charge in [0.1, 0.15) is 18.1 Å². The first-order valence-corrected chi connectivity index (χ1v) is 13.0. The number of alkyl halides is 3. The summed E-state index contributed by atoms with van der Waals surface area (Å²) in [4.78, 5) is 88.8. The molecule has 0 aromatic carbocycles. The Morgan fingerprint density at radius 1 is 0.881 bits per heavy atom. The molecule has 1 rings (SSSR count). The maximum absolute atomic E-state index is 13.1. The van der Waals surface area contributed by atoms with Gasteiger partial charge < -0.3 is 37.4 Å². The van der Waals surface area contributed by atoms with Crippen LogP contribution in [0.1, 0.15) is 51.9 Å². The van der Waals surface area contributed by atoms with E-state index in [2.05, 4.69) is 31.6 Å². The molecule has 1 heterocycles. The molecule has 1 saturated heterocycles. The molecule has 0 unspecified atom stereocenters. The van der Waals surface area contributed by atoms with Crippen LogP contribution in [0.4, 0.5) is 13.2 Å². The quantitative estimate of drug-likeness (QED) is 0.0741. The van der Waals surface area contributed by atoms with E-state index in [0.29, 0.717) is 6.42 Å². The van der Waals surface area contributed by atoms with E-state index in [9.17, 15) is 46.7 Å². The zero-order chi connectivity index (χ0) is 31.9. The van der Waals surface area contributed by atoms with Crippen LogP contribution in [-0.4, -0.2) is 96.4 Å².